The van der Waals surface area contributed by atoms with Crippen LogP contribution in [0.3, 0.4) is 0 Å². The van der Waals surface area contributed by atoms with Gasteiger partial charge in [0.1, 0.15) is 17.7 Å². The molecule has 114 valence electrons. The highest BCUT2D eigenvalue weighted by molar-refractivity contribution is 9.10. The summed E-state index contributed by atoms with van der Waals surface area (Å²) >= 11 is 2.76. The van der Waals surface area contributed by atoms with Crippen LogP contribution in [0, 0.1) is 11.6 Å². The molecule has 5 N–H and O–H groups in total. The van der Waals surface area contributed by atoms with E-state index < -0.39 is 47.7 Å². The number of carbonyl (C=O) groups excluding carboxylic acids is 2. The van der Waals surface area contributed by atoms with Crippen molar-refractivity contribution in [3.05, 3.63) is 28.2 Å². The van der Waals surface area contributed by atoms with Crippen LogP contribution >= 0.6 is 15.9 Å². The summed E-state index contributed by atoms with van der Waals surface area (Å²) in [5.74, 6) is -4.19. The normalized spacial score (nSPS) is 11.6. The lowest BCUT2D eigenvalue weighted by molar-refractivity contribution is -0.140. The van der Waals surface area contributed by atoms with E-state index in [9.17, 15) is 23.2 Å². The molecule has 7 nitrogen and oxygen atoms in total. The number of nitrogens with one attached hydrogen (secondary N) is 2. The van der Waals surface area contributed by atoms with E-state index in [4.69, 9.17) is 10.8 Å². The number of carboxylic acids is 1. The molecule has 0 bridgehead atoms. The largest absolute Gasteiger partial charge is 0.480 e. The number of urea groups is 1. The number of halogens is 3. The van der Waals surface area contributed by atoms with Crippen molar-refractivity contribution in [3.8, 4) is 0 Å². The molecule has 0 fully saturated rings. The van der Waals surface area contributed by atoms with Crippen LogP contribution in [-0.2, 0) is 9.59 Å². The number of carbonyl (C=O) groups is 3. The van der Waals surface area contributed by atoms with Gasteiger partial charge in [0, 0.05) is 6.07 Å². The Hall–Kier alpha value is -2.23. The van der Waals surface area contributed by atoms with Crippen molar-refractivity contribution in [1.29, 1.82) is 0 Å². The Labute approximate surface area is 125 Å². The van der Waals surface area contributed by atoms with Crippen molar-refractivity contribution < 1.29 is 28.3 Å². The maximum Gasteiger partial charge on any atom is 0.326 e. The van der Waals surface area contributed by atoms with Crippen LogP contribution < -0.4 is 16.4 Å². The number of benzene rings is 1. The maximum absolute atomic E-state index is 13.5. The van der Waals surface area contributed by atoms with Gasteiger partial charge in [-0.25, -0.2) is 18.4 Å². The van der Waals surface area contributed by atoms with Gasteiger partial charge in [-0.1, -0.05) is 0 Å². The molecule has 1 rings (SSSR count). The molecule has 0 radical (unpaired) electrons. The Balaban J connectivity index is 2.79. The van der Waals surface area contributed by atoms with Gasteiger partial charge in [-0.3, -0.25) is 4.79 Å². The lowest BCUT2D eigenvalue weighted by atomic mass is 10.2. The minimum absolute atomic E-state index is 0.136. The van der Waals surface area contributed by atoms with Crippen molar-refractivity contribution in [3.63, 3.8) is 0 Å². The number of primary amides is 1. The first-order chi connectivity index (χ1) is 9.70. The van der Waals surface area contributed by atoms with E-state index in [2.05, 4.69) is 15.9 Å². The molecular weight excluding hydrogens is 356 g/mol. The Morgan fingerprint density at radius 1 is 1.29 bits per heavy atom. The van der Waals surface area contributed by atoms with Gasteiger partial charge in [0.2, 0.25) is 5.91 Å². The summed E-state index contributed by atoms with van der Waals surface area (Å²) in [5, 5.41) is 12.6. The van der Waals surface area contributed by atoms with Crippen LogP contribution in [0.4, 0.5) is 19.3 Å². The minimum Gasteiger partial charge on any atom is -0.480 e. The van der Waals surface area contributed by atoms with Crippen molar-refractivity contribution >= 4 is 39.5 Å². The number of anilines is 1. The number of rotatable bonds is 5. The maximum atomic E-state index is 13.5. The lowest BCUT2D eigenvalue weighted by Gasteiger charge is -2.14. The molecule has 3 amide bonds. The third-order valence-electron chi connectivity index (χ3n) is 2.27. The van der Waals surface area contributed by atoms with E-state index in [1.807, 2.05) is 10.6 Å². The summed E-state index contributed by atoms with van der Waals surface area (Å²) in [5.41, 5.74) is 4.34. The van der Waals surface area contributed by atoms with Gasteiger partial charge in [0.25, 0.3) is 0 Å². The number of nitrogens with two attached hydrogens (primary N) is 1. The summed E-state index contributed by atoms with van der Waals surface area (Å²) in [6.07, 6.45) is -0.639. The van der Waals surface area contributed by atoms with Crippen molar-refractivity contribution in [2.45, 2.75) is 12.5 Å². The Morgan fingerprint density at radius 3 is 2.43 bits per heavy atom. The average molecular weight is 366 g/mol. The van der Waals surface area contributed by atoms with Gasteiger partial charge in [-0.05, 0) is 22.0 Å². The van der Waals surface area contributed by atoms with Crippen LogP contribution in [0.2, 0.25) is 0 Å². The third-order valence-corrected chi connectivity index (χ3v) is 2.87. The van der Waals surface area contributed by atoms with Crippen LogP contribution in [-0.4, -0.2) is 29.1 Å². The lowest BCUT2D eigenvalue weighted by Crippen LogP contribution is -2.45. The molecule has 0 aromatic heterocycles. The molecule has 1 unspecified atom stereocenters. The van der Waals surface area contributed by atoms with Gasteiger partial charge in [0.05, 0.1) is 16.6 Å². The van der Waals surface area contributed by atoms with Gasteiger partial charge in [-0.15, -0.1) is 0 Å². The summed E-state index contributed by atoms with van der Waals surface area (Å²) in [6, 6.07) is -1.19. The fraction of sp³-hybridized carbons (Fsp3) is 0.182. The van der Waals surface area contributed by atoms with Crippen LogP contribution in [0.15, 0.2) is 16.6 Å². The number of hydrogen-bond acceptors (Lipinski definition) is 3. The van der Waals surface area contributed by atoms with Crippen molar-refractivity contribution in [2.75, 3.05) is 5.32 Å². The fourth-order valence-corrected chi connectivity index (χ4v) is 1.65. The molecule has 0 saturated carbocycles. The highest BCUT2D eigenvalue weighted by Crippen LogP contribution is 2.23. The molecule has 1 aromatic carbocycles. The van der Waals surface area contributed by atoms with Crippen molar-refractivity contribution in [1.82, 2.24) is 5.32 Å². The zero-order valence-corrected chi connectivity index (χ0v) is 11.9. The van der Waals surface area contributed by atoms with Gasteiger partial charge in [-0.2, -0.15) is 0 Å². The Morgan fingerprint density at radius 2 is 1.90 bits per heavy atom. The fourth-order valence-electron chi connectivity index (χ4n) is 1.34. The third kappa shape index (κ3) is 4.99. The second kappa shape index (κ2) is 6.97. The van der Waals surface area contributed by atoms with E-state index in [0.29, 0.717) is 6.07 Å². The van der Waals surface area contributed by atoms with Gasteiger partial charge < -0.3 is 21.5 Å². The molecule has 0 aliphatic heterocycles. The van der Waals surface area contributed by atoms with E-state index in [1.54, 1.807) is 0 Å². The molecule has 0 aliphatic carbocycles. The monoisotopic (exact) mass is 365 g/mol. The number of carboxylic acid groups (broad SMARTS) is 1. The Kier molecular flexibility index (Phi) is 5.59. The molecule has 1 aromatic rings. The summed E-state index contributed by atoms with van der Waals surface area (Å²) in [6.45, 7) is 0. The minimum atomic E-state index is -1.58. The SMILES string of the molecule is NC(=O)CC(NC(=O)Nc1cc(F)c(Br)cc1F)C(=O)O. The second-order valence-corrected chi connectivity index (χ2v) is 4.76. The number of hydrogen-bond donors (Lipinski definition) is 4. The molecule has 0 heterocycles. The number of aliphatic carboxylic acids is 1. The van der Waals surface area contributed by atoms with Gasteiger partial charge in [0.15, 0.2) is 0 Å². The highest BCUT2D eigenvalue weighted by Gasteiger charge is 2.22. The molecule has 0 aliphatic rings. The topological polar surface area (TPSA) is 122 Å². The molecule has 0 spiro atoms. The predicted molar refractivity (Wildman–Crippen MR) is 71.4 cm³/mol. The molecule has 1 atom stereocenters. The van der Waals surface area contributed by atoms with Crippen LogP contribution in [0.1, 0.15) is 6.42 Å². The standard InChI is InChI=1S/C11H10BrF2N3O4/c12-4-1-6(14)7(2-5(4)13)16-11(21)17-8(10(19)20)3-9(15)18/h1-2,8H,3H2,(H2,15,18)(H,19,20)(H2,16,17,21). The van der Waals surface area contributed by atoms with E-state index in [1.165, 1.54) is 0 Å². The van der Waals surface area contributed by atoms with E-state index >= 15 is 0 Å². The summed E-state index contributed by atoms with van der Waals surface area (Å²) in [4.78, 5) is 33.0. The molecular formula is C11H10BrF2N3O4. The average Bonchev–Trinajstić information content (AvgIpc) is 2.34. The molecule has 21 heavy (non-hydrogen) atoms. The zero-order valence-electron chi connectivity index (χ0n) is 10.3. The first-order valence-corrected chi connectivity index (χ1v) is 6.23. The van der Waals surface area contributed by atoms with E-state index in [-0.39, 0.29) is 4.47 Å². The van der Waals surface area contributed by atoms with E-state index in [0.717, 1.165) is 6.07 Å². The molecule has 0 saturated heterocycles. The van der Waals surface area contributed by atoms with Crippen LogP contribution in [0.25, 0.3) is 0 Å². The predicted octanol–water partition coefficient (Wildman–Crippen LogP) is 1.18. The summed E-state index contributed by atoms with van der Waals surface area (Å²) in [7, 11) is 0. The Bertz CT molecular complexity index is 597. The molecule has 10 heteroatoms. The van der Waals surface area contributed by atoms with Crippen molar-refractivity contribution in [2.24, 2.45) is 5.73 Å². The number of amides is 3. The quantitative estimate of drug-likeness (QED) is 0.585. The first-order valence-electron chi connectivity index (χ1n) is 5.44. The van der Waals surface area contributed by atoms with Crippen LogP contribution in [0.5, 0.6) is 0 Å². The van der Waals surface area contributed by atoms with Gasteiger partial charge >= 0.3 is 12.0 Å². The summed E-state index contributed by atoms with van der Waals surface area (Å²) < 4.78 is 26.6. The zero-order chi connectivity index (χ0) is 16.2. The highest BCUT2D eigenvalue weighted by atomic mass is 79.9. The smallest absolute Gasteiger partial charge is 0.326 e. The second-order valence-electron chi connectivity index (χ2n) is 3.91. The first kappa shape index (κ1) is 16.8.